The van der Waals surface area contributed by atoms with Crippen LogP contribution in [0, 0.1) is 5.92 Å². The van der Waals surface area contributed by atoms with Gasteiger partial charge in [0.05, 0.1) is 18.1 Å². The smallest absolute Gasteiger partial charge is 0.308 e. The Morgan fingerprint density at radius 1 is 1.39 bits per heavy atom. The number of amides is 2. The number of ether oxygens (including phenoxy) is 1. The van der Waals surface area contributed by atoms with Crippen molar-refractivity contribution in [2.24, 2.45) is 5.92 Å². The zero-order valence-corrected chi connectivity index (χ0v) is 12.6. The number of carbonyl (C=O) groups excluding carboxylic acids is 2. The number of aliphatic carboxylic acids is 1. The van der Waals surface area contributed by atoms with E-state index in [1.807, 2.05) is 12.1 Å². The first-order valence-electron chi connectivity index (χ1n) is 7.59. The fraction of sp³-hybridized carbons (Fsp3) is 0.438. The number of nitrogens with zero attached hydrogens (tertiary/aromatic N) is 1. The molecule has 7 nitrogen and oxygen atoms in total. The minimum Gasteiger partial charge on any atom is -0.492 e. The molecule has 1 unspecified atom stereocenters. The van der Waals surface area contributed by atoms with Crippen LogP contribution in [0.3, 0.4) is 0 Å². The van der Waals surface area contributed by atoms with E-state index in [2.05, 4.69) is 5.32 Å². The summed E-state index contributed by atoms with van der Waals surface area (Å²) < 4.78 is 5.50. The number of hydrogen-bond acceptors (Lipinski definition) is 4. The van der Waals surface area contributed by atoms with Gasteiger partial charge in [-0.05, 0) is 11.6 Å². The van der Waals surface area contributed by atoms with Gasteiger partial charge in [-0.2, -0.15) is 0 Å². The van der Waals surface area contributed by atoms with E-state index in [-0.39, 0.29) is 31.3 Å². The van der Waals surface area contributed by atoms with Crippen LogP contribution in [0.15, 0.2) is 18.2 Å². The molecule has 0 saturated carbocycles. The van der Waals surface area contributed by atoms with Crippen molar-refractivity contribution in [2.75, 3.05) is 26.2 Å². The van der Waals surface area contributed by atoms with E-state index in [1.54, 1.807) is 6.07 Å². The number of hydrogen-bond donors (Lipinski definition) is 2. The average molecular weight is 318 g/mol. The van der Waals surface area contributed by atoms with Gasteiger partial charge in [0.2, 0.25) is 5.91 Å². The largest absolute Gasteiger partial charge is 0.492 e. The number of fused-ring (bicyclic) bond motifs is 1. The summed E-state index contributed by atoms with van der Waals surface area (Å²) >= 11 is 0. The fourth-order valence-corrected chi connectivity index (χ4v) is 2.95. The van der Waals surface area contributed by atoms with Crippen molar-refractivity contribution in [1.29, 1.82) is 0 Å². The lowest BCUT2D eigenvalue weighted by molar-refractivity contribution is -0.141. The molecule has 3 rings (SSSR count). The van der Waals surface area contributed by atoms with Crippen LogP contribution in [0.25, 0.3) is 0 Å². The Labute approximate surface area is 133 Å². The lowest BCUT2D eigenvalue weighted by atomic mass is 10.1. The first kappa shape index (κ1) is 15.3. The van der Waals surface area contributed by atoms with Crippen LogP contribution in [0.4, 0.5) is 0 Å². The molecule has 0 aromatic heterocycles. The Balaban J connectivity index is 1.54. The van der Waals surface area contributed by atoms with Gasteiger partial charge in [-0.15, -0.1) is 0 Å². The molecule has 7 heteroatoms. The molecule has 1 aromatic rings. The molecule has 0 spiro atoms. The molecule has 1 saturated heterocycles. The molecule has 0 aliphatic carbocycles. The lowest BCUT2D eigenvalue weighted by Gasteiger charge is -2.16. The van der Waals surface area contributed by atoms with Crippen LogP contribution in [-0.2, 0) is 16.0 Å². The molecule has 2 heterocycles. The number of carbonyl (C=O) groups is 3. The Morgan fingerprint density at radius 2 is 2.22 bits per heavy atom. The summed E-state index contributed by atoms with van der Waals surface area (Å²) in [6.07, 6.45) is 0.832. The first-order chi connectivity index (χ1) is 11.1. The van der Waals surface area contributed by atoms with Crippen molar-refractivity contribution in [1.82, 2.24) is 10.2 Å². The van der Waals surface area contributed by atoms with E-state index in [1.165, 1.54) is 4.90 Å². The zero-order chi connectivity index (χ0) is 16.4. The third-order valence-electron chi connectivity index (χ3n) is 4.19. The number of carboxylic acid groups (broad SMARTS) is 1. The zero-order valence-electron chi connectivity index (χ0n) is 12.6. The van der Waals surface area contributed by atoms with Crippen molar-refractivity contribution in [3.63, 3.8) is 0 Å². The second kappa shape index (κ2) is 6.28. The minimum absolute atomic E-state index is 0.0311. The predicted octanol–water partition coefficient (Wildman–Crippen LogP) is 0.284. The van der Waals surface area contributed by atoms with Gasteiger partial charge in [-0.3, -0.25) is 14.4 Å². The Hall–Kier alpha value is -2.57. The van der Waals surface area contributed by atoms with E-state index in [4.69, 9.17) is 9.84 Å². The molecule has 1 atom stereocenters. The summed E-state index contributed by atoms with van der Waals surface area (Å²) in [6, 6.07) is 5.47. The molecule has 2 aliphatic heterocycles. The van der Waals surface area contributed by atoms with Gasteiger partial charge in [0.15, 0.2) is 0 Å². The maximum atomic E-state index is 12.2. The lowest BCUT2D eigenvalue weighted by Crippen LogP contribution is -2.36. The van der Waals surface area contributed by atoms with Gasteiger partial charge in [-0.25, -0.2) is 0 Å². The minimum atomic E-state index is -0.957. The molecule has 0 bridgehead atoms. The predicted molar refractivity (Wildman–Crippen MR) is 80.3 cm³/mol. The van der Waals surface area contributed by atoms with Crippen molar-refractivity contribution in [3.05, 3.63) is 29.3 Å². The number of para-hydroxylation sites is 1. The molecule has 23 heavy (non-hydrogen) atoms. The molecule has 122 valence electrons. The topological polar surface area (TPSA) is 95.9 Å². The van der Waals surface area contributed by atoms with E-state index in [9.17, 15) is 14.4 Å². The molecule has 0 radical (unpaired) electrons. The van der Waals surface area contributed by atoms with E-state index >= 15 is 0 Å². The molecule has 2 amide bonds. The first-order valence-corrected chi connectivity index (χ1v) is 7.59. The number of nitrogens with one attached hydrogen (secondary N) is 1. The quantitative estimate of drug-likeness (QED) is 0.813. The number of benzene rings is 1. The Kier molecular flexibility index (Phi) is 4.18. The standard InChI is InChI=1S/C16H18N2O5/c19-13-8-11(16(21)22)9-18(13)6-5-17-15(20)12-3-1-2-10-4-7-23-14(10)12/h1-3,11H,4-9H2,(H,17,20)(H,21,22). The Bertz CT molecular complexity index is 658. The number of carboxylic acids is 1. The van der Waals surface area contributed by atoms with Crippen molar-refractivity contribution < 1.29 is 24.2 Å². The highest BCUT2D eigenvalue weighted by atomic mass is 16.5. The summed E-state index contributed by atoms with van der Waals surface area (Å²) in [4.78, 5) is 36.3. The SMILES string of the molecule is O=C(NCCN1CC(C(=O)O)CC1=O)c1cccc2c1OCC2. The monoisotopic (exact) mass is 318 g/mol. The van der Waals surface area contributed by atoms with Crippen molar-refractivity contribution >= 4 is 17.8 Å². The molecule has 1 aromatic carbocycles. The Morgan fingerprint density at radius 3 is 2.96 bits per heavy atom. The van der Waals surface area contributed by atoms with Gasteiger partial charge in [-0.1, -0.05) is 12.1 Å². The van der Waals surface area contributed by atoms with Gasteiger partial charge >= 0.3 is 5.97 Å². The van der Waals surface area contributed by atoms with Gasteiger partial charge in [0.25, 0.3) is 5.91 Å². The van der Waals surface area contributed by atoms with Crippen LogP contribution in [0.1, 0.15) is 22.3 Å². The van der Waals surface area contributed by atoms with Crippen LogP contribution in [-0.4, -0.2) is 54.0 Å². The summed E-state index contributed by atoms with van der Waals surface area (Å²) in [5.41, 5.74) is 1.52. The third-order valence-corrected chi connectivity index (χ3v) is 4.19. The average Bonchev–Trinajstić information content (AvgIpc) is 3.13. The molecule has 2 aliphatic rings. The van der Waals surface area contributed by atoms with Crippen molar-refractivity contribution in [2.45, 2.75) is 12.8 Å². The molecule has 2 N–H and O–H groups in total. The highest BCUT2D eigenvalue weighted by molar-refractivity contribution is 5.97. The van der Waals surface area contributed by atoms with Crippen LogP contribution in [0.2, 0.25) is 0 Å². The van der Waals surface area contributed by atoms with Gasteiger partial charge < -0.3 is 20.1 Å². The molecule has 1 fully saturated rings. The van der Waals surface area contributed by atoms with Gasteiger partial charge in [0.1, 0.15) is 5.75 Å². The van der Waals surface area contributed by atoms with E-state index in [0.29, 0.717) is 24.5 Å². The van der Waals surface area contributed by atoms with Crippen LogP contribution in [0.5, 0.6) is 5.75 Å². The van der Waals surface area contributed by atoms with E-state index < -0.39 is 11.9 Å². The second-order valence-corrected chi connectivity index (χ2v) is 5.73. The van der Waals surface area contributed by atoms with Crippen molar-refractivity contribution in [3.8, 4) is 5.75 Å². The second-order valence-electron chi connectivity index (χ2n) is 5.73. The third kappa shape index (κ3) is 3.13. The highest BCUT2D eigenvalue weighted by Crippen LogP contribution is 2.29. The fourth-order valence-electron chi connectivity index (χ4n) is 2.95. The number of likely N-dealkylation sites (tertiary alicyclic amines) is 1. The van der Waals surface area contributed by atoms with E-state index in [0.717, 1.165) is 12.0 Å². The normalized spacial score (nSPS) is 19.4. The maximum Gasteiger partial charge on any atom is 0.308 e. The molecular formula is C16H18N2O5. The van der Waals surface area contributed by atoms with Gasteiger partial charge in [0, 0.05) is 32.5 Å². The number of rotatable bonds is 5. The summed E-state index contributed by atoms with van der Waals surface area (Å²) in [7, 11) is 0. The summed E-state index contributed by atoms with van der Waals surface area (Å²) in [6.45, 7) is 1.37. The highest BCUT2D eigenvalue weighted by Gasteiger charge is 2.33. The maximum absolute atomic E-state index is 12.2. The van der Waals surface area contributed by atoms with Crippen LogP contribution < -0.4 is 10.1 Å². The summed E-state index contributed by atoms with van der Waals surface area (Å²) in [5.74, 6) is -1.40. The molecular weight excluding hydrogens is 300 g/mol. The van der Waals surface area contributed by atoms with Crippen LogP contribution >= 0.6 is 0 Å². The summed E-state index contributed by atoms with van der Waals surface area (Å²) in [5, 5.41) is 11.7.